The van der Waals surface area contributed by atoms with Gasteiger partial charge in [0.25, 0.3) is 0 Å². The van der Waals surface area contributed by atoms with Crippen molar-refractivity contribution in [2.24, 2.45) is 11.0 Å². The molecule has 0 bridgehead atoms. The maximum Gasteiger partial charge on any atom is 0.407 e. The topological polar surface area (TPSA) is 172 Å². The average molecular weight is 623 g/mol. The van der Waals surface area contributed by atoms with E-state index in [0.29, 0.717) is 12.8 Å². The summed E-state index contributed by atoms with van der Waals surface area (Å²) in [5.41, 5.74) is 10.4. The summed E-state index contributed by atoms with van der Waals surface area (Å²) in [5, 5.41) is 11.8. The molecule has 0 radical (unpaired) electrons. The Kier molecular flexibility index (Phi) is 17.2. The summed E-state index contributed by atoms with van der Waals surface area (Å²) in [7, 11) is 0. The van der Waals surface area contributed by atoms with Crippen LogP contribution in [0, 0.1) is 5.92 Å². The molecule has 0 spiro atoms. The van der Waals surface area contributed by atoms with Crippen LogP contribution in [0.5, 0.6) is 0 Å². The van der Waals surface area contributed by atoms with Gasteiger partial charge in [0.1, 0.15) is 25.3 Å². The number of esters is 1. The Hall–Kier alpha value is -4.57. The Morgan fingerprint density at radius 2 is 1.36 bits per heavy atom. The van der Waals surface area contributed by atoms with Crippen LogP contribution in [-0.4, -0.2) is 48.5 Å². The van der Waals surface area contributed by atoms with Crippen LogP contribution in [-0.2, 0) is 37.1 Å². The molecule has 2 aromatic carbocycles. The Labute approximate surface area is 265 Å². The number of hydrogen-bond acceptors (Lipinski definition) is 7. The molecule has 45 heavy (non-hydrogen) atoms. The largest absolute Gasteiger partial charge is 0.459 e. The molecule has 3 amide bonds. The molecule has 0 saturated heterocycles. The Bertz CT molecular complexity index is 1240. The number of ether oxygens (including phenoxy) is 2. The number of nitrogens with zero attached hydrogens (tertiary/aromatic N) is 3. The maximum absolute atomic E-state index is 12.7. The summed E-state index contributed by atoms with van der Waals surface area (Å²) in [5.74, 6) is -1.41. The van der Waals surface area contributed by atoms with Gasteiger partial charge in [-0.3, -0.25) is 9.59 Å². The van der Waals surface area contributed by atoms with E-state index in [2.05, 4.69) is 26.0 Å². The number of carbonyl (C=O) groups excluding carboxylic acids is 4. The molecule has 1 unspecified atom stereocenters. The van der Waals surface area contributed by atoms with Crippen molar-refractivity contribution >= 4 is 23.9 Å². The van der Waals surface area contributed by atoms with Gasteiger partial charge in [0.05, 0.1) is 0 Å². The van der Waals surface area contributed by atoms with Gasteiger partial charge in [-0.05, 0) is 42.3 Å². The molecule has 0 fully saturated rings. The van der Waals surface area contributed by atoms with E-state index in [1.54, 1.807) is 6.92 Å². The summed E-state index contributed by atoms with van der Waals surface area (Å²) in [6.07, 6.45) is 4.40. The third-order valence-electron chi connectivity index (χ3n) is 7.07. The first-order chi connectivity index (χ1) is 21.7. The minimum atomic E-state index is -0.831. The summed E-state index contributed by atoms with van der Waals surface area (Å²) >= 11 is 0. The zero-order valence-corrected chi connectivity index (χ0v) is 26.4. The SMILES string of the molecule is CC(C)C(NC(=O)[C@H](C)NC(=O)CCCCCCC[C@H](CN=[N+]=[N-])NC(=O)OCc1ccccc1)C(=O)OCc1ccccc1. The molecule has 0 heterocycles. The Morgan fingerprint density at radius 3 is 1.96 bits per heavy atom. The van der Waals surface area contributed by atoms with Gasteiger partial charge in [0, 0.05) is 23.9 Å². The highest BCUT2D eigenvalue weighted by atomic mass is 16.5. The van der Waals surface area contributed by atoms with Gasteiger partial charge in [0.15, 0.2) is 0 Å². The predicted octanol–water partition coefficient (Wildman–Crippen LogP) is 5.71. The second kappa shape index (κ2) is 21.2. The van der Waals surface area contributed by atoms with Gasteiger partial charge >= 0.3 is 12.1 Å². The van der Waals surface area contributed by atoms with E-state index in [-0.39, 0.29) is 44.0 Å². The summed E-state index contributed by atoms with van der Waals surface area (Å²) in [6, 6.07) is 16.7. The normalized spacial score (nSPS) is 12.6. The number of nitrogens with one attached hydrogen (secondary N) is 3. The lowest BCUT2D eigenvalue weighted by atomic mass is 10.0. The van der Waals surface area contributed by atoms with E-state index >= 15 is 0 Å². The van der Waals surface area contributed by atoms with Gasteiger partial charge in [0.2, 0.25) is 11.8 Å². The van der Waals surface area contributed by atoms with Crippen molar-refractivity contribution in [2.45, 2.75) is 97.1 Å². The average Bonchev–Trinajstić information content (AvgIpc) is 3.04. The molecular formula is C33H46N6O6. The van der Waals surface area contributed by atoms with Crippen LogP contribution in [0.25, 0.3) is 10.4 Å². The zero-order chi connectivity index (χ0) is 32.9. The molecule has 0 saturated carbocycles. The molecule has 0 aliphatic carbocycles. The number of alkyl carbamates (subject to hydrolysis) is 1. The van der Waals surface area contributed by atoms with E-state index in [1.165, 1.54) is 0 Å². The number of hydrogen-bond donors (Lipinski definition) is 3. The number of unbranched alkanes of at least 4 members (excludes halogenated alkanes) is 4. The van der Waals surface area contributed by atoms with Crippen LogP contribution < -0.4 is 16.0 Å². The van der Waals surface area contributed by atoms with Crippen molar-refractivity contribution in [1.82, 2.24) is 16.0 Å². The highest BCUT2D eigenvalue weighted by molar-refractivity contribution is 5.90. The molecular weight excluding hydrogens is 576 g/mol. The molecule has 3 atom stereocenters. The van der Waals surface area contributed by atoms with Crippen molar-refractivity contribution < 1.29 is 28.7 Å². The van der Waals surface area contributed by atoms with Crippen molar-refractivity contribution in [1.29, 1.82) is 0 Å². The number of azide groups is 1. The van der Waals surface area contributed by atoms with Gasteiger partial charge < -0.3 is 25.4 Å². The van der Waals surface area contributed by atoms with Crippen molar-refractivity contribution in [3.8, 4) is 0 Å². The van der Waals surface area contributed by atoms with Crippen LogP contribution in [0.1, 0.15) is 76.8 Å². The van der Waals surface area contributed by atoms with Crippen LogP contribution in [0.4, 0.5) is 4.79 Å². The number of benzene rings is 2. The number of rotatable bonds is 20. The molecule has 12 heteroatoms. The van der Waals surface area contributed by atoms with E-state index in [0.717, 1.165) is 36.8 Å². The summed E-state index contributed by atoms with van der Waals surface area (Å²) in [4.78, 5) is 52.7. The predicted molar refractivity (Wildman–Crippen MR) is 170 cm³/mol. The molecule has 2 aromatic rings. The lowest BCUT2D eigenvalue weighted by Crippen LogP contribution is -2.52. The third-order valence-corrected chi connectivity index (χ3v) is 7.07. The lowest BCUT2D eigenvalue weighted by molar-refractivity contribution is -0.150. The first-order valence-electron chi connectivity index (χ1n) is 15.5. The van der Waals surface area contributed by atoms with E-state index in [9.17, 15) is 19.2 Å². The van der Waals surface area contributed by atoms with Crippen LogP contribution in [0.15, 0.2) is 65.8 Å². The highest BCUT2D eigenvalue weighted by Crippen LogP contribution is 2.11. The molecule has 12 nitrogen and oxygen atoms in total. The number of amides is 3. The summed E-state index contributed by atoms with van der Waals surface area (Å²) < 4.78 is 10.7. The quantitative estimate of drug-likeness (QED) is 0.0561. The zero-order valence-electron chi connectivity index (χ0n) is 26.4. The highest BCUT2D eigenvalue weighted by Gasteiger charge is 2.28. The molecule has 2 rings (SSSR count). The van der Waals surface area contributed by atoms with E-state index < -0.39 is 30.1 Å². The van der Waals surface area contributed by atoms with Gasteiger partial charge in [-0.1, -0.05) is 105 Å². The fraction of sp³-hybridized carbons (Fsp3) is 0.515. The van der Waals surface area contributed by atoms with Crippen LogP contribution in [0.3, 0.4) is 0 Å². The number of carbonyl (C=O) groups is 4. The molecule has 3 N–H and O–H groups in total. The van der Waals surface area contributed by atoms with E-state index in [1.807, 2.05) is 74.5 Å². The maximum atomic E-state index is 12.7. The fourth-order valence-corrected chi connectivity index (χ4v) is 4.46. The molecule has 0 aliphatic rings. The first kappa shape index (κ1) is 36.6. The van der Waals surface area contributed by atoms with Crippen LogP contribution >= 0.6 is 0 Å². The minimum absolute atomic E-state index is 0.113. The second-order valence-electron chi connectivity index (χ2n) is 11.2. The monoisotopic (exact) mass is 622 g/mol. The fourth-order valence-electron chi connectivity index (χ4n) is 4.46. The van der Waals surface area contributed by atoms with Crippen molar-refractivity contribution in [3.63, 3.8) is 0 Å². The third kappa shape index (κ3) is 15.6. The minimum Gasteiger partial charge on any atom is -0.459 e. The van der Waals surface area contributed by atoms with Gasteiger partial charge in [-0.25, -0.2) is 9.59 Å². The summed E-state index contributed by atoms with van der Waals surface area (Å²) in [6.45, 7) is 5.61. The lowest BCUT2D eigenvalue weighted by Gasteiger charge is -2.23. The van der Waals surface area contributed by atoms with Crippen molar-refractivity contribution in [3.05, 3.63) is 82.2 Å². The first-order valence-corrected chi connectivity index (χ1v) is 15.5. The van der Waals surface area contributed by atoms with Crippen molar-refractivity contribution in [2.75, 3.05) is 6.54 Å². The van der Waals surface area contributed by atoms with E-state index in [4.69, 9.17) is 15.0 Å². The molecule has 244 valence electrons. The second-order valence-corrected chi connectivity index (χ2v) is 11.2. The van der Waals surface area contributed by atoms with Gasteiger partial charge in [-0.15, -0.1) is 0 Å². The Balaban J connectivity index is 1.62. The Morgan fingerprint density at radius 1 is 0.778 bits per heavy atom. The molecule has 0 aromatic heterocycles. The van der Waals surface area contributed by atoms with Gasteiger partial charge in [-0.2, -0.15) is 0 Å². The smallest absolute Gasteiger partial charge is 0.407 e. The standard InChI is InChI=1S/C33H46N6O6/c1-24(2)30(32(42)44-22-26-15-9-7-10-16-26)38-31(41)25(3)36-29(40)20-14-6-4-5-13-19-28(21-35-39-34)37-33(43)45-23-27-17-11-8-12-18-27/h7-12,15-18,24-25,28,30H,4-6,13-14,19-23H2,1-3H3,(H,36,40)(H,37,43)(H,38,41)/t25-,28+,30?/m0/s1. The van der Waals surface area contributed by atoms with Crippen LogP contribution in [0.2, 0.25) is 0 Å². The molecule has 0 aliphatic heterocycles.